The molecule has 0 fully saturated rings. The molecule has 0 aliphatic rings. The number of nitrogens with one attached hydrogen (secondary N) is 1. The maximum Gasteiger partial charge on any atom is 0.293 e. The SMILES string of the molecule is CC(C)(C)OC=O.Nc1n[nH]c2ccc(Br)cc12. The largest absolute Gasteiger partial charge is 0.462 e. The van der Waals surface area contributed by atoms with Gasteiger partial charge in [0, 0.05) is 9.86 Å². The summed E-state index contributed by atoms with van der Waals surface area (Å²) in [5.41, 5.74) is 6.23. The second-order valence-electron chi connectivity index (χ2n) is 4.63. The van der Waals surface area contributed by atoms with E-state index in [9.17, 15) is 4.79 Å². The zero-order valence-corrected chi connectivity index (χ0v) is 12.1. The number of nitrogens with zero attached hydrogens (tertiary/aromatic N) is 1. The smallest absolute Gasteiger partial charge is 0.293 e. The van der Waals surface area contributed by atoms with Gasteiger partial charge in [-0.05, 0) is 39.0 Å². The van der Waals surface area contributed by atoms with Gasteiger partial charge in [-0.3, -0.25) is 9.89 Å². The van der Waals surface area contributed by atoms with Gasteiger partial charge in [0.05, 0.1) is 5.52 Å². The van der Waals surface area contributed by atoms with Crippen LogP contribution in [0.1, 0.15) is 20.8 Å². The number of carbonyl (C=O) groups excluding carboxylic acids is 1. The Balaban J connectivity index is 0.000000203. The molecule has 1 aromatic carbocycles. The summed E-state index contributed by atoms with van der Waals surface area (Å²) in [5, 5.41) is 7.65. The van der Waals surface area contributed by atoms with Crippen LogP contribution in [0.15, 0.2) is 22.7 Å². The van der Waals surface area contributed by atoms with E-state index in [0.29, 0.717) is 12.3 Å². The molecule has 0 atom stereocenters. The summed E-state index contributed by atoms with van der Waals surface area (Å²) >= 11 is 3.35. The van der Waals surface area contributed by atoms with Crippen LogP contribution in [0.25, 0.3) is 10.9 Å². The molecule has 1 aromatic heterocycles. The summed E-state index contributed by atoms with van der Waals surface area (Å²) in [6.07, 6.45) is 0. The fourth-order valence-electron chi connectivity index (χ4n) is 1.15. The molecule has 3 N–H and O–H groups in total. The van der Waals surface area contributed by atoms with Crippen LogP contribution in [-0.4, -0.2) is 22.3 Å². The monoisotopic (exact) mass is 313 g/mol. The fourth-order valence-corrected chi connectivity index (χ4v) is 1.51. The van der Waals surface area contributed by atoms with Gasteiger partial charge in [-0.25, -0.2) is 0 Å². The van der Waals surface area contributed by atoms with Gasteiger partial charge in [0.1, 0.15) is 5.60 Å². The molecule has 0 aliphatic carbocycles. The molecule has 0 amide bonds. The number of hydrogen-bond acceptors (Lipinski definition) is 4. The Morgan fingerprint density at radius 2 is 2.11 bits per heavy atom. The minimum absolute atomic E-state index is 0.318. The molecule has 2 rings (SSSR count). The van der Waals surface area contributed by atoms with Crippen molar-refractivity contribution in [3.63, 3.8) is 0 Å². The zero-order valence-electron chi connectivity index (χ0n) is 10.5. The molecule has 1 heterocycles. The average molecular weight is 314 g/mol. The molecule has 0 radical (unpaired) electrons. The number of nitrogens with two attached hydrogens (primary N) is 1. The number of rotatable bonds is 1. The van der Waals surface area contributed by atoms with E-state index < -0.39 is 0 Å². The van der Waals surface area contributed by atoms with E-state index >= 15 is 0 Å². The lowest BCUT2D eigenvalue weighted by Gasteiger charge is -2.14. The number of ether oxygens (including phenoxy) is 1. The first-order chi connectivity index (χ1) is 8.33. The highest BCUT2D eigenvalue weighted by molar-refractivity contribution is 9.10. The molecule has 2 aromatic rings. The van der Waals surface area contributed by atoms with E-state index in [-0.39, 0.29) is 5.60 Å². The molecule has 0 aliphatic heterocycles. The zero-order chi connectivity index (χ0) is 13.8. The van der Waals surface area contributed by atoms with Crippen LogP contribution in [0.5, 0.6) is 0 Å². The van der Waals surface area contributed by atoms with Gasteiger partial charge in [0.2, 0.25) is 0 Å². The number of carbonyl (C=O) groups is 1. The van der Waals surface area contributed by atoms with Crippen molar-refractivity contribution >= 4 is 39.1 Å². The number of hydrogen-bond donors (Lipinski definition) is 2. The maximum absolute atomic E-state index is 9.60. The maximum atomic E-state index is 9.60. The molecule has 5 nitrogen and oxygen atoms in total. The van der Waals surface area contributed by atoms with E-state index in [0.717, 1.165) is 15.4 Å². The number of benzene rings is 1. The Kier molecular flexibility index (Phi) is 4.72. The Bertz CT molecular complexity index is 532. The van der Waals surface area contributed by atoms with Crippen LogP contribution in [-0.2, 0) is 9.53 Å². The van der Waals surface area contributed by atoms with E-state index in [1.807, 2.05) is 39.0 Å². The Morgan fingerprint density at radius 1 is 1.44 bits per heavy atom. The third kappa shape index (κ3) is 4.37. The molecule has 18 heavy (non-hydrogen) atoms. The van der Waals surface area contributed by atoms with Gasteiger partial charge in [-0.2, -0.15) is 5.10 Å². The van der Waals surface area contributed by atoms with Gasteiger partial charge < -0.3 is 10.5 Å². The van der Waals surface area contributed by atoms with E-state index in [1.54, 1.807) is 0 Å². The Labute approximate surface area is 114 Å². The summed E-state index contributed by atoms with van der Waals surface area (Å²) in [6, 6.07) is 5.82. The van der Waals surface area contributed by atoms with Crippen molar-refractivity contribution in [2.24, 2.45) is 0 Å². The van der Waals surface area contributed by atoms with Crippen molar-refractivity contribution in [1.82, 2.24) is 10.2 Å². The standard InChI is InChI=1S/C7H6BrN3.C5H10O2/c8-4-1-2-6-5(3-4)7(9)11-10-6;1-5(2,3)7-4-6/h1-3H,(H3,9,10,11);4H,1-3H3. The number of H-pyrrole nitrogens is 1. The number of aromatic amines is 1. The molecule has 0 saturated heterocycles. The number of fused-ring (bicyclic) bond motifs is 1. The van der Waals surface area contributed by atoms with Crippen LogP contribution in [0, 0.1) is 0 Å². The van der Waals surface area contributed by atoms with Gasteiger partial charge in [-0.15, -0.1) is 0 Å². The molecule has 0 bridgehead atoms. The molecule has 0 unspecified atom stereocenters. The minimum atomic E-state index is -0.318. The number of halogens is 1. The van der Waals surface area contributed by atoms with Crippen LogP contribution >= 0.6 is 15.9 Å². The summed E-state index contributed by atoms with van der Waals surface area (Å²) in [4.78, 5) is 9.60. The lowest BCUT2D eigenvalue weighted by molar-refractivity contribution is -0.138. The van der Waals surface area contributed by atoms with Crippen molar-refractivity contribution in [2.75, 3.05) is 5.73 Å². The third-order valence-corrected chi connectivity index (χ3v) is 2.45. The second kappa shape index (κ2) is 5.86. The quantitative estimate of drug-likeness (QED) is 0.793. The molecule has 6 heteroatoms. The van der Waals surface area contributed by atoms with Crippen molar-refractivity contribution in [3.8, 4) is 0 Å². The summed E-state index contributed by atoms with van der Waals surface area (Å²) < 4.78 is 5.56. The van der Waals surface area contributed by atoms with Gasteiger partial charge >= 0.3 is 0 Å². The van der Waals surface area contributed by atoms with Gasteiger partial charge in [-0.1, -0.05) is 15.9 Å². The molecular weight excluding hydrogens is 298 g/mol. The van der Waals surface area contributed by atoms with Crippen LogP contribution in [0.2, 0.25) is 0 Å². The molecule has 98 valence electrons. The summed E-state index contributed by atoms with van der Waals surface area (Å²) in [6.45, 7) is 5.92. The van der Waals surface area contributed by atoms with Crippen molar-refractivity contribution in [1.29, 1.82) is 0 Å². The van der Waals surface area contributed by atoms with Crippen LogP contribution in [0.3, 0.4) is 0 Å². The average Bonchev–Trinajstić information content (AvgIpc) is 2.59. The molecular formula is C12H16BrN3O2. The number of anilines is 1. The summed E-state index contributed by atoms with van der Waals surface area (Å²) in [7, 11) is 0. The highest BCUT2D eigenvalue weighted by Crippen LogP contribution is 2.21. The first kappa shape index (κ1) is 14.5. The third-order valence-electron chi connectivity index (χ3n) is 1.96. The first-order valence-corrected chi connectivity index (χ1v) is 6.13. The fraction of sp³-hybridized carbons (Fsp3) is 0.333. The predicted octanol–water partition coefficient (Wildman–Crippen LogP) is 2.87. The van der Waals surface area contributed by atoms with Crippen LogP contribution < -0.4 is 5.73 Å². The Morgan fingerprint density at radius 3 is 2.61 bits per heavy atom. The van der Waals surface area contributed by atoms with E-state index in [4.69, 9.17) is 5.73 Å². The first-order valence-electron chi connectivity index (χ1n) is 5.34. The minimum Gasteiger partial charge on any atom is -0.462 e. The van der Waals surface area contributed by atoms with Crippen molar-refractivity contribution in [2.45, 2.75) is 26.4 Å². The number of aromatic nitrogens is 2. The van der Waals surface area contributed by atoms with E-state index in [1.165, 1.54) is 0 Å². The van der Waals surface area contributed by atoms with Gasteiger partial charge in [0.25, 0.3) is 6.47 Å². The second-order valence-corrected chi connectivity index (χ2v) is 5.54. The molecule has 0 saturated carbocycles. The normalized spacial score (nSPS) is 10.7. The molecule has 0 spiro atoms. The lowest BCUT2D eigenvalue weighted by Crippen LogP contribution is -2.17. The Hall–Kier alpha value is -1.56. The van der Waals surface area contributed by atoms with Gasteiger partial charge in [0.15, 0.2) is 5.82 Å². The van der Waals surface area contributed by atoms with E-state index in [2.05, 4.69) is 30.9 Å². The van der Waals surface area contributed by atoms with Crippen molar-refractivity contribution < 1.29 is 9.53 Å². The topological polar surface area (TPSA) is 81.0 Å². The predicted molar refractivity (Wildman–Crippen MR) is 75.1 cm³/mol. The summed E-state index contributed by atoms with van der Waals surface area (Å²) in [5.74, 6) is 0.543. The lowest BCUT2D eigenvalue weighted by atomic mass is 10.2. The highest BCUT2D eigenvalue weighted by Gasteiger charge is 2.07. The highest BCUT2D eigenvalue weighted by atomic mass is 79.9. The van der Waals surface area contributed by atoms with Crippen molar-refractivity contribution in [3.05, 3.63) is 22.7 Å². The number of nitrogen functional groups attached to an aromatic ring is 1. The van der Waals surface area contributed by atoms with Crippen LogP contribution in [0.4, 0.5) is 5.82 Å².